The van der Waals surface area contributed by atoms with Crippen molar-refractivity contribution in [3.8, 4) is 0 Å². The SMILES string of the molecule is C[C@@H]1C[C@H]2C[C@@]3(C)C[C@@H](C1=O)[C@@]2(N1CCOCC1)CC3=O. The van der Waals surface area contributed by atoms with E-state index in [4.69, 9.17) is 4.74 Å². The average Bonchev–Trinajstić information content (AvgIpc) is 2.47. The Kier molecular flexibility index (Phi) is 2.90. The van der Waals surface area contributed by atoms with Crippen molar-refractivity contribution in [3.63, 3.8) is 0 Å². The molecule has 0 unspecified atom stereocenters. The Balaban J connectivity index is 1.79. The van der Waals surface area contributed by atoms with E-state index in [0.29, 0.717) is 23.9 Å². The van der Waals surface area contributed by atoms with Crippen molar-refractivity contribution in [2.75, 3.05) is 26.3 Å². The molecule has 0 spiro atoms. The number of Topliss-reactive ketones (excluding diaryl/α,β-unsaturated/α-hetero) is 2. The van der Waals surface area contributed by atoms with Gasteiger partial charge in [-0.1, -0.05) is 13.8 Å². The zero-order chi connectivity index (χ0) is 14.8. The predicted molar refractivity (Wildman–Crippen MR) is 77.9 cm³/mol. The van der Waals surface area contributed by atoms with Gasteiger partial charge in [-0.05, 0) is 25.2 Å². The van der Waals surface area contributed by atoms with E-state index in [2.05, 4.69) is 18.7 Å². The van der Waals surface area contributed by atoms with Crippen molar-refractivity contribution in [3.05, 3.63) is 0 Å². The summed E-state index contributed by atoms with van der Waals surface area (Å²) in [6.45, 7) is 7.39. The fourth-order valence-corrected chi connectivity index (χ4v) is 5.77. The minimum absolute atomic E-state index is 0.0702. The Labute approximate surface area is 126 Å². The topological polar surface area (TPSA) is 46.6 Å². The minimum atomic E-state index is -0.237. The molecule has 0 aromatic carbocycles. The summed E-state index contributed by atoms with van der Waals surface area (Å²) in [7, 11) is 0. The molecule has 5 fully saturated rings. The molecule has 0 amide bonds. The van der Waals surface area contributed by atoms with Gasteiger partial charge < -0.3 is 4.74 Å². The van der Waals surface area contributed by atoms with Crippen LogP contribution in [0.1, 0.15) is 39.5 Å². The third-order valence-corrected chi connectivity index (χ3v) is 6.85. The standard InChI is InChI=1S/C17H25NO3/c1-11-7-12-8-16(2)9-13(15(11)20)17(12,10-14(16)19)18-3-5-21-6-4-18/h11-13H,3-10H2,1-2H3/t11-,12+,13+,16+,17-/m1/s1. The lowest BCUT2D eigenvalue weighted by Crippen LogP contribution is -2.74. The molecule has 21 heavy (non-hydrogen) atoms. The molecule has 1 heterocycles. The van der Waals surface area contributed by atoms with Crippen LogP contribution in [0, 0.1) is 23.2 Å². The molecule has 5 aliphatic rings. The summed E-state index contributed by atoms with van der Waals surface area (Å²) >= 11 is 0. The van der Waals surface area contributed by atoms with Crippen molar-refractivity contribution >= 4 is 11.6 Å². The second kappa shape index (κ2) is 4.39. The summed E-state index contributed by atoms with van der Waals surface area (Å²) in [6, 6.07) is 0. The highest BCUT2D eigenvalue weighted by Gasteiger charge is 2.67. The number of carbonyl (C=O) groups excluding carboxylic acids is 2. The molecule has 5 atom stereocenters. The van der Waals surface area contributed by atoms with Crippen molar-refractivity contribution < 1.29 is 14.3 Å². The van der Waals surface area contributed by atoms with Gasteiger partial charge >= 0.3 is 0 Å². The summed E-state index contributed by atoms with van der Waals surface area (Å²) < 4.78 is 5.50. The molecule has 4 heteroatoms. The molecule has 5 rings (SSSR count). The van der Waals surface area contributed by atoms with Crippen LogP contribution in [0.5, 0.6) is 0 Å². The van der Waals surface area contributed by atoms with Gasteiger partial charge in [-0.15, -0.1) is 0 Å². The fourth-order valence-electron chi connectivity index (χ4n) is 5.77. The van der Waals surface area contributed by atoms with Crippen molar-refractivity contribution in [2.45, 2.75) is 45.1 Å². The smallest absolute Gasteiger partial charge is 0.140 e. The Morgan fingerprint density at radius 1 is 1.19 bits per heavy atom. The van der Waals surface area contributed by atoms with Crippen LogP contribution in [0.25, 0.3) is 0 Å². The van der Waals surface area contributed by atoms with Crippen LogP contribution in [0.2, 0.25) is 0 Å². The number of hydrogen-bond acceptors (Lipinski definition) is 4. The predicted octanol–water partition coefficient (Wildman–Crippen LogP) is 1.67. The zero-order valence-corrected chi connectivity index (χ0v) is 13.1. The van der Waals surface area contributed by atoms with E-state index in [9.17, 15) is 9.59 Å². The van der Waals surface area contributed by atoms with E-state index in [1.54, 1.807) is 0 Å². The number of rotatable bonds is 1. The minimum Gasteiger partial charge on any atom is -0.379 e. The molecule has 4 nitrogen and oxygen atoms in total. The van der Waals surface area contributed by atoms with Crippen LogP contribution < -0.4 is 0 Å². The first-order valence-corrected chi connectivity index (χ1v) is 8.37. The normalized spacial score (nSPS) is 50.5. The maximum Gasteiger partial charge on any atom is 0.140 e. The van der Waals surface area contributed by atoms with E-state index >= 15 is 0 Å². The summed E-state index contributed by atoms with van der Waals surface area (Å²) in [4.78, 5) is 28.0. The van der Waals surface area contributed by atoms with Crippen molar-refractivity contribution in [1.29, 1.82) is 0 Å². The second-order valence-corrected chi connectivity index (χ2v) is 7.95. The first kappa shape index (κ1) is 13.9. The van der Waals surface area contributed by atoms with Gasteiger partial charge in [0.2, 0.25) is 0 Å². The van der Waals surface area contributed by atoms with Crippen LogP contribution >= 0.6 is 0 Å². The molecule has 116 valence electrons. The number of ether oxygens (including phenoxy) is 1. The third-order valence-electron chi connectivity index (χ3n) is 6.85. The Bertz CT molecular complexity index is 498. The Morgan fingerprint density at radius 3 is 2.62 bits per heavy atom. The van der Waals surface area contributed by atoms with Crippen LogP contribution in [0.3, 0.4) is 0 Å². The quantitative estimate of drug-likeness (QED) is 0.737. The number of nitrogens with zero attached hydrogens (tertiary/aromatic N) is 1. The van der Waals surface area contributed by atoms with Gasteiger partial charge in [-0.3, -0.25) is 14.5 Å². The largest absolute Gasteiger partial charge is 0.379 e. The van der Waals surface area contributed by atoms with Gasteiger partial charge in [0.15, 0.2) is 0 Å². The summed E-state index contributed by atoms with van der Waals surface area (Å²) in [6.07, 6.45) is 3.33. The van der Waals surface area contributed by atoms with E-state index in [1.165, 1.54) is 0 Å². The van der Waals surface area contributed by atoms with Gasteiger partial charge in [-0.25, -0.2) is 0 Å². The number of hydrogen-bond donors (Lipinski definition) is 0. The van der Waals surface area contributed by atoms with E-state index in [0.717, 1.165) is 45.6 Å². The highest BCUT2D eigenvalue weighted by molar-refractivity contribution is 5.94. The highest BCUT2D eigenvalue weighted by Crippen LogP contribution is 2.62. The van der Waals surface area contributed by atoms with Crippen LogP contribution in [-0.2, 0) is 14.3 Å². The van der Waals surface area contributed by atoms with Crippen molar-refractivity contribution in [2.24, 2.45) is 23.2 Å². The number of ketones is 2. The lowest BCUT2D eigenvalue weighted by Gasteiger charge is -2.66. The number of carbonyl (C=O) groups is 2. The van der Waals surface area contributed by atoms with Gasteiger partial charge in [-0.2, -0.15) is 0 Å². The first-order chi connectivity index (χ1) is 9.97. The summed E-state index contributed by atoms with van der Waals surface area (Å²) in [5, 5.41) is 0. The van der Waals surface area contributed by atoms with Gasteiger partial charge in [0.05, 0.1) is 13.2 Å². The van der Waals surface area contributed by atoms with Gasteiger partial charge in [0.25, 0.3) is 0 Å². The molecule has 0 aromatic rings. The lowest BCUT2D eigenvalue weighted by atomic mass is 9.43. The maximum atomic E-state index is 12.9. The number of fused-ring (bicyclic) bond motifs is 1. The first-order valence-electron chi connectivity index (χ1n) is 8.37. The van der Waals surface area contributed by atoms with E-state index < -0.39 is 0 Å². The highest BCUT2D eigenvalue weighted by atomic mass is 16.5. The molecular weight excluding hydrogens is 266 g/mol. The lowest BCUT2D eigenvalue weighted by molar-refractivity contribution is -0.190. The maximum absolute atomic E-state index is 12.9. The molecule has 4 saturated carbocycles. The second-order valence-electron chi connectivity index (χ2n) is 7.95. The Morgan fingerprint density at radius 2 is 1.90 bits per heavy atom. The zero-order valence-electron chi connectivity index (χ0n) is 13.1. The van der Waals surface area contributed by atoms with Gasteiger partial charge in [0.1, 0.15) is 11.6 Å². The Hall–Kier alpha value is -0.740. The van der Waals surface area contributed by atoms with Crippen LogP contribution in [0.15, 0.2) is 0 Å². The monoisotopic (exact) mass is 291 g/mol. The molecule has 0 aromatic heterocycles. The molecule has 4 bridgehead atoms. The van der Waals surface area contributed by atoms with E-state index in [1.807, 2.05) is 0 Å². The molecular formula is C17H25NO3. The molecule has 1 aliphatic heterocycles. The number of morpholine rings is 1. The average molecular weight is 291 g/mol. The van der Waals surface area contributed by atoms with Crippen molar-refractivity contribution in [1.82, 2.24) is 4.90 Å². The van der Waals surface area contributed by atoms with Gasteiger partial charge in [0, 0.05) is 42.3 Å². The van der Waals surface area contributed by atoms with Crippen LogP contribution in [-0.4, -0.2) is 48.3 Å². The molecule has 1 saturated heterocycles. The van der Waals surface area contributed by atoms with E-state index in [-0.39, 0.29) is 22.8 Å². The fraction of sp³-hybridized carbons (Fsp3) is 0.882. The van der Waals surface area contributed by atoms with Crippen LogP contribution in [0.4, 0.5) is 0 Å². The molecule has 4 aliphatic carbocycles. The molecule has 0 N–H and O–H groups in total. The molecule has 0 radical (unpaired) electrons. The third kappa shape index (κ3) is 1.69. The summed E-state index contributed by atoms with van der Waals surface area (Å²) in [5.74, 6) is 1.55. The summed E-state index contributed by atoms with van der Waals surface area (Å²) in [5.41, 5.74) is -0.415.